The van der Waals surface area contributed by atoms with E-state index >= 15 is 0 Å². The van der Waals surface area contributed by atoms with Gasteiger partial charge in [-0.15, -0.1) is 0 Å². The van der Waals surface area contributed by atoms with Gasteiger partial charge in [0, 0.05) is 19.3 Å². The zero-order valence-corrected chi connectivity index (χ0v) is 10.0. The third-order valence-corrected chi connectivity index (χ3v) is 2.18. The number of carbonyl (C=O) groups is 3. The fourth-order valence-corrected chi connectivity index (χ4v) is 1.43. The van der Waals surface area contributed by atoms with Gasteiger partial charge < -0.3 is 25.4 Å². The van der Waals surface area contributed by atoms with Crippen LogP contribution in [0.3, 0.4) is 0 Å². The second-order valence-corrected chi connectivity index (χ2v) is 3.73. The molecule has 0 atom stereocenters. The first kappa shape index (κ1) is 14.6. The van der Waals surface area contributed by atoms with Gasteiger partial charge in [0.25, 0.3) is 5.91 Å². The van der Waals surface area contributed by atoms with Gasteiger partial charge in [0.2, 0.25) is 0 Å². The van der Waals surface area contributed by atoms with Crippen LogP contribution in [0.1, 0.15) is 10.5 Å². The lowest BCUT2D eigenvalue weighted by atomic mass is 10.3. The fourth-order valence-electron chi connectivity index (χ4n) is 1.43. The van der Waals surface area contributed by atoms with Crippen molar-refractivity contribution in [3.63, 3.8) is 0 Å². The maximum atomic E-state index is 11.9. The van der Waals surface area contributed by atoms with Gasteiger partial charge in [-0.3, -0.25) is 14.4 Å². The van der Waals surface area contributed by atoms with Gasteiger partial charge in [-0.2, -0.15) is 0 Å². The van der Waals surface area contributed by atoms with Crippen molar-refractivity contribution >= 4 is 17.8 Å². The Morgan fingerprint density at radius 1 is 1.26 bits per heavy atom. The molecule has 1 heterocycles. The molecule has 1 aromatic heterocycles. The molecule has 0 aliphatic heterocycles. The lowest BCUT2D eigenvalue weighted by Crippen LogP contribution is -2.39. The second kappa shape index (κ2) is 6.50. The molecule has 19 heavy (non-hydrogen) atoms. The molecular formula is C10H14N4O5. The van der Waals surface area contributed by atoms with Crippen LogP contribution in [0.25, 0.3) is 0 Å². The Hall–Kier alpha value is -2.42. The molecule has 0 bridgehead atoms. The smallest absolute Gasteiger partial charge is 0.323 e. The predicted molar refractivity (Wildman–Crippen MR) is 62.5 cm³/mol. The van der Waals surface area contributed by atoms with Crippen molar-refractivity contribution in [1.82, 2.24) is 14.5 Å². The Balaban J connectivity index is 2.84. The Bertz CT molecular complexity index is 468. The molecule has 9 heteroatoms. The first-order chi connectivity index (χ1) is 8.93. The van der Waals surface area contributed by atoms with Crippen LogP contribution >= 0.6 is 0 Å². The van der Waals surface area contributed by atoms with E-state index in [0.29, 0.717) is 18.0 Å². The van der Waals surface area contributed by atoms with E-state index in [0.717, 1.165) is 0 Å². The minimum absolute atomic E-state index is 0.0176. The Morgan fingerprint density at radius 3 is 2.32 bits per heavy atom. The number of aliphatic carboxylic acids is 2. The van der Waals surface area contributed by atoms with Crippen molar-refractivity contribution in [1.29, 1.82) is 0 Å². The molecule has 0 spiro atoms. The summed E-state index contributed by atoms with van der Waals surface area (Å²) in [7, 11) is 0. The lowest BCUT2D eigenvalue weighted by Gasteiger charge is -2.16. The summed E-state index contributed by atoms with van der Waals surface area (Å²) in [6.45, 7) is -0.583. The number of nitrogens with two attached hydrogens (primary N) is 1. The summed E-state index contributed by atoms with van der Waals surface area (Å²) >= 11 is 0. The summed E-state index contributed by atoms with van der Waals surface area (Å²) in [5.74, 6) is -3.34. The molecule has 1 aromatic rings. The summed E-state index contributed by atoms with van der Waals surface area (Å²) in [5.41, 5.74) is 5.32. The van der Waals surface area contributed by atoms with Crippen LogP contribution in [0.15, 0.2) is 12.5 Å². The van der Waals surface area contributed by atoms with E-state index in [1.54, 1.807) is 4.57 Å². The Kier molecular flexibility index (Phi) is 5.01. The molecule has 0 unspecified atom stereocenters. The minimum Gasteiger partial charge on any atom is -0.480 e. The van der Waals surface area contributed by atoms with Crippen molar-refractivity contribution in [2.24, 2.45) is 5.73 Å². The zero-order valence-electron chi connectivity index (χ0n) is 10.0. The van der Waals surface area contributed by atoms with E-state index in [9.17, 15) is 14.4 Å². The highest BCUT2D eigenvalue weighted by molar-refractivity contribution is 5.95. The number of imidazole rings is 1. The van der Waals surface area contributed by atoms with Crippen LogP contribution < -0.4 is 5.73 Å². The van der Waals surface area contributed by atoms with E-state index in [1.165, 1.54) is 12.5 Å². The highest BCUT2D eigenvalue weighted by Gasteiger charge is 2.22. The molecule has 0 radical (unpaired) electrons. The van der Waals surface area contributed by atoms with Crippen molar-refractivity contribution in [3.05, 3.63) is 18.2 Å². The Labute approximate surface area is 108 Å². The van der Waals surface area contributed by atoms with E-state index < -0.39 is 30.9 Å². The molecule has 1 rings (SSSR count). The van der Waals surface area contributed by atoms with E-state index in [4.69, 9.17) is 15.9 Å². The van der Waals surface area contributed by atoms with Crippen LogP contribution in [0.2, 0.25) is 0 Å². The fraction of sp³-hybridized carbons (Fsp3) is 0.400. The van der Waals surface area contributed by atoms with Gasteiger partial charge >= 0.3 is 11.9 Å². The number of carboxylic acids is 2. The summed E-state index contributed by atoms with van der Waals surface area (Å²) in [5, 5.41) is 17.3. The van der Waals surface area contributed by atoms with Crippen LogP contribution in [-0.2, 0) is 16.1 Å². The quantitative estimate of drug-likeness (QED) is 0.545. The normalized spacial score (nSPS) is 10.2. The average Bonchev–Trinajstić information content (AvgIpc) is 2.75. The monoisotopic (exact) mass is 270 g/mol. The number of rotatable bonds is 7. The molecule has 9 nitrogen and oxygen atoms in total. The maximum absolute atomic E-state index is 11.9. The number of carboxylic acid groups (broad SMARTS) is 2. The first-order valence-electron chi connectivity index (χ1n) is 5.38. The maximum Gasteiger partial charge on any atom is 0.323 e. The summed E-state index contributed by atoms with van der Waals surface area (Å²) in [6, 6.07) is 0. The molecule has 1 amide bonds. The zero-order chi connectivity index (χ0) is 14.4. The van der Waals surface area contributed by atoms with Crippen LogP contribution in [0.4, 0.5) is 0 Å². The van der Waals surface area contributed by atoms with Gasteiger partial charge in [0.15, 0.2) is 0 Å². The summed E-state index contributed by atoms with van der Waals surface area (Å²) < 4.78 is 1.56. The third-order valence-electron chi connectivity index (χ3n) is 2.18. The summed E-state index contributed by atoms with van der Waals surface area (Å²) in [6.07, 6.45) is 2.77. The second-order valence-electron chi connectivity index (χ2n) is 3.73. The number of hydrogen-bond acceptors (Lipinski definition) is 5. The van der Waals surface area contributed by atoms with Crippen molar-refractivity contribution in [2.75, 3.05) is 19.6 Å². The standard InChI is InChI=1S/C10H14N4O5/c11-1-2-13-3-7(12-6-13)10(19)14(4-8(15)16)5-9(17)18/h3,6H,1-2,4-5,11H2,(H,15,16)(H,17,18). The van der Waals surface area contributed by atoms with E-state index in [1.807, 2.05) is 0 Å². The predicted octanol–water partition coefficient (Wildman–Crippen LogP) is -1.55. The topological polar surface area (TPSA) is 139 Å². The van der Waals surface area contributed by atoms with Crippen molar-refractivity contribution in [2.45, 2.75) is 6.54 Å². The lowest BCUT2D eigenvalue weighted by molar-refractivity contribution is -0.140. The molecule has 0 aliphatic carbocycles. The van der Waals surface area contributed by atoms with Gasteiger partial charge in [-0.25, -0.2) is 4.98 Å². The van der Waals surface area contributed by atoms with E-state index in [2.05, 4.69) is 4.98 Å². The van der Waals surface area contributed by atoms with Gasteiger partial charge in [-0.05, 0) is 0 Å². The van der Waals surface area contributed by atoms with Gasteiger partial charge in [0.05, 0.1) is 6.33 Å². The molecule has 0 saturated carbocycles. The minimum atomic E-state index is -1.30. The summed E-state index contributed by atoms with van der Waals surface area (Å²) in [4.78, 5) is 37.6. The highest BCUT2D eigenvalue weighted by atomic mass is 16.4. The van der Waals surface area contributed by atoms with Crippen molar-refractivity contribution in [3.8, 4) is 0 Å². The van der Waals surface area contributed by atoms with Crippen LogP contribution in [-0.4, -0.2) is 62.1 Å². The SMILES string of the molecule is NCCn1cnc(C(=O)N(CC(=O)O)CC(=O)O)c1. The molecule has 0 aliphatic rings. The Morgan fingerprint density at radius 2 is 1.84 bits per heavy atom. The third kappa shape index (κ3) is 4.39. The molecular weight excluding hydrogens is 256 g/mol. The average molecular weight is 270 g/mol. The largest absolute Gasteiger partial charge is 0.480 e. The number of hydrogen-bond donors (Lipinski definition) is 3. The number of amides is 1. The van der Waals surface area contributed by atoms with Gasteiger partial charge in [-0.1, -0.05) is 0 Å². The van der Waals surface area contributed by atoms with Crippen LogP contribution in [0, 0.1) is 0 Å². The number of carbonyl (C=O) groups excluding carboxylic acids is 1. The molecule has 0 fully saturated rings. The van der Waals surface area contributed by atoms with Crippen LogP contribution in [0.5, 0.6) is 0 Å². The first-order valence-corrected chi connectivity index (χ1v) is 5.38. The molecule has 0 aromatic carbocycles. The van der Waals surface area contributed by atoms with E-state index in [-0.39, 0.29) is 5.69 Å². The molecule has 104 valence electrons. The highest BCUT2D eigenvalue weighted by Crippen LogP contribution is 2.03. The van der Waals surface area contributed by atoms with Gasteiger partial charge in [0.1, 0.15) is 18.8 Å². The van der Waals surface area contributed by atoms with Crippen molar-refractivity contribution < 1.29 is 24.6 Å². The molecule has 0 saturated heterocycles. The number of aromatic nitrogens is 2. The number of nitrogens with zero attached hydrogens (tertiary/aromatic N) is 3. The molecule has 4 N–H and O–H groups in total.